The highest BCUT2D eigenvalue weighted by Crippen LogP contribution is 2.31. The van der Waals surface area contributed by atoms with E-state index in [1.54, 1.807) is 45.0 Å². The van der Waals surface area contributed by atoms with E-state index in [2.05, 4.69) is 9.97 Å². The summed E-state index contributed by atoms with van der Waals surface area (Å²) in [6, 6.07) is 6.96. The molecule has 0 unspecified atom stereocenters. The zero-order chi connectivity index (χ0) is 23.2. The molecule has 31 heavy (non-hydrogen) atoms. The summed E-state index contributed by atoms with van der Waals surface area (Å²) in [7, 11) is 2.65. The standard InChI is InChI=1S/C21H23F3N2O5/c1-12(2)31-20-25-16(21(22,23)24)10-17(26-20)30-11-14-8-6-7-9-15(14)18(13(3)28-4)19(27)29-5/h6-10,12H,11H2,1-5H3/b18-13+. The fraction of sp³-hybridized carbons (Fsp3) is 0.381. The van der Waals surface area contributed by atoms with Gasteiger partial charge in [-0.1, -0.05) is 24.3 Å². The number of alkyl halides is 3. The number of carbonyl (C=O) groups excluding carboxylic acids is 1. The van der Waals surface area contributed by atoms with Crippen LogP contribution in [0.1, 0.15) is 37.6 Å². The Morgan fingerprint density at radius 1 is 1.10 bits per heavy atom. The predicted molar refractivity (Wildman–Crippen MR) is 105 cm³/mol. The molecule has 7 nitrogen and oxygen atoms in total. The van der Waals surface area contributed by atoms with Gasteiger partial charge in [0.15, 0.2) is 5.69 Å². The zero-order valence-electron chi connectivity index (χ0n) is 17.7. The molecule has 0 fully saturated rings. The highest BCUT2D eigenvalue weighted by molar-refractivity contribution is 6.17. The van der Waals surface area contributed by atoms with Gasteiger partial charge in [0.1, 0.15) is 17.9 Å². The van der Waals surface area contributed by atoms with Gasteiger partial charge in [-0.15, -0.1) is 0 Å². The molecule has 2 aromatic rings. The van der Waals surface area contributed by atoms with Crippen molar-refractivity contribution in [1.29, 1.82) is 0 Å². The first-order valence-electron chi connectivity index (χ1n) is 9.24. The summed E-state index contributed by atoms with van der Waals surface area (Å²) in [6.45, 7) is 4.70. The Hall–Kier alpha value is -3.30. The maximum Gasteiger partial charge on any atom is 0.433 e. The second kappa shape index (κ2) is 10.1. The van der Waals surface area contributed by atoms with Crippen molar-refractivity contribution in [1.82, 2.24) is 9.97 Å². The Morgan fingerprint density at radius 3 is 2.35 bits per heavy atom. The number of allylic oxidation sites excluding steroid dienone is 1. The normalized spacial score (nSPS) is 12.3. The molecule has 0 aliphatic heterocycles. The molecule has 0 radical (unpaired) electrons. The van der Waals surface area contributed by atoms with Gasteiger partial charge in [-0.25, -0.2) is 4.79 Å². The van der Waals surface area contributed by atoms with Crippen molar-refractivity contribution in [2.45, 2.75) is 39.7 Å². The number of halogens is 3. The zero-order valence-corrected chi connectivity index (χ0v) is 17.7. The molecule has 0 atom stereocenters. The molecule has 0 N–H and O–H groups in total. The highest BCUT2D eigenvalue weighted by atomic mass is 19.4. The molecule has 0 saturated heterocycles. The summed E-state index contributed by atoms with van der Waals surface area (Å²) in [5, 5.41) is 0. The minimum atomic E-state index is -4.70. The number of aromatic nitrogens is 2. The monoisotopic (exact) mass is 440 g/mol. The molecule has 10 heteroatoms. The lowest BCUT2D eigenvalue weighted by Gasteiger charge is -2.16. The number of rotatable bonds is 8. The molecule has 168 valence electrons. The molecule has 0 aliphatic carbocycles. The molecule has 1 aromatic heterocycles. The summed E-state index contributed by atoms with van der Waals surface area (Å²) >= 11 is 0. The van der Waals surface area contributed by atoms with Gasteiger partial charge in [0, 0.05) is 6.07 Å². The number of methoxy groups -OCH3 is 2. The van der Waals surface area contributed by atoms with Crippen LogP contribution in [0.15, 0.2) is 36.1 Å². The van der Waals surface area contributed by atoms with E-state index in [1.165, 1.54) is 14.2 Å². The molecule has 0 amide bonds. The lowest BCUT2D eigenvalue weighted by atomic mass is 9.99. The van der Waals surface area contributed by atoms with Crippen LogP contribution in [0.25, 0.3) is 5.57 Å². The van der Waals surface area contributed by atoms with E-state index in [4.69, 9.17) is 18.9 Å². The van der Waals surface area contributed by atoms with Crippen molar-refractivity contribution in [2.24, 2.45) is 0 Å². The van der Waals surface area contributed by atoms with Gasteiger partial charge in [-0.2, -0.15) is 23.1 Å². The molecule has 0 spiro atoms. The molecular weight excluding hydrogens is 417 g/mol. The van der Waals surface area contributed by atoms with Gasteiger partial charge < -0.3 is 18.9 Å². The van der Waals surface area contributed by atoms with Crippen LogP contribution in [-0.4, -0.2) is 36.3 Å². The van der Waals surface area contributed by atoms with Crippen LogP contribution < -0.4 is 9.47 Å². The van der Waals surface area contributed by atoms with Crippen LogP contribution in [0, 0.1) is 0 Å². The van der Waals surface area contributed by atoms with Gasteiger partial charge in [-0.3, -0.25) is 0 Å². The third-order valence-corrected chi connectivity index (χ3v) is 4.02. The molecule has 1 aromatic carbocycles. The van der Waals surface area contributed by atoms with Crippen LogP contribution in [0.3, 0.4) is 0 Å². The second-order valence-electron chi connectivity index (χ2n) is 6.61. The quantitative estimate of drug-likeness (QED) is 0.342. The van der Waals surface area contributed by atoms with Gasteiger partial charge in [-0.05, 0) is 31.9 Å². The SMILES string of the molecule is COC(=O)/C(=C(\C)OC)c1ccccc1COc1cc(C(F)(F)F)nc(OC(C)C)n1. The number of hydrogen-bond acceptors (Lipinski definition) is 7. The first-order valence-corrected chi connectivity index (χ1v) is 9.24. The Morgan fingerprint density at radius 2 is 1.77 bits per heavy atom. The Labute approximate surface area is 177 Å². The fourth-order valence-electron chi connectivity index (χ4n) is 2.58. The van der Waals surface area contributed by atoms with Crippen LogP contribution >= 0.6 is 0 Å². The first kappa shape index (κ1) is 24.0. The van der Waals surface area contributed by atoms with E-state index < -0.39 is 30.0 Å². The maximum absolute atomic E-state index is 13.2. The average molecular weight is 440 g/mol. The molecular formula is C21H23F3N2O5. The minimum Gasteiger partial charge on any atom is -0.500 e. The summed E-state index contributed by atoms with van der Waals surface area (Å²) < 4.78 is 60.4. The third kappa shape index (κ3) is 6.34. The minimum absolute atomic E-state index is 0.173. The Balaban J connectivity index is 2.41. The second-order valence-corrected chi connectivity index (χ2v) is 6.61. The Kier molecular flexibility index (Phi) is 7.84. The van der Waals surface area contributed by atoms with E-state index >= 15 is 0 Å². The summed E-state index contributed by atoms with van der Waals surface area (Å²) in [5.74, 6) is -0.631. The van der Waals surface area contributed by atoms with Crippen molar-refractivity contribution in [3.8, 4) is 11.9 Å². The molecule has 0 saturated carbocycles. The predicted octanol–water partition coefficient (Wildman–Crippen LogP) is 4.41. The molecule has 2 rings (SSSR count). The van der Waals surface area contributed by atoms with Gasteiger partial charge >= 0.3 is 18.2 Å². The van der Waals surface area contributed by atoms with E-state index in [0.29, 0.717) is 23.0 Å². The largest absolute Gasteiger partial charge is 0.500 e. The van der Waals surface area contributed by atoms with Gasteiger partial charge in [0.05, 0.1) is 20.3 Å². The average Bonchev–Trinajstić information content (AvgIpc) is 2.71. The number of carbonyl (C=O) groups is 1. The van der Waals surface area contributed by atoms with Gasteiger partial charge in [0.2, 0.25) is 5.88 Å². The number of benzene rings is 1. The number of ether oxygens (including phenoxy) is 4. The lowest BCUT2D eigenvalue weighted by Crippen LogP contribution is -2.15. The van der Waals surface area contributed by atoms with E-state index in [9.17, 15) is 18.0 Å². The van der Waals surface area contributed by atoms with Gasteiger partial charge in [0.25, 0.3) is 0 Å². The number of esters is 1. The Bertz CT molecular complexity index is 958. The summed E-state index contributed by atoms with van der Waals surface area (Å²) in [5.41, 5.74) is -0.0474. The van der Waals surface area contributed by atoms with Crippen LogP contribution in [0.4, 0.5) is 13.2 Å². The highest BCUT2D eigenvalue weighted by Gasteiger charge is 2.34. The van der Waals surface area contributed by atoms with Crippen molar-refractivity contribution in [2.75, 3.05) is 14.2 Å². The van der Waals surface area contributed by atoms with Crippen molar-refractivity contribution < 1.29 is 36.9 Å². The topological polar surface area (TPSA) is 79.8 Å². The van der Waals surface area contributed by atoms with Crippen molar-refractivity contribution >= 4 is 11.5 Å². The van der Waals surface area contributed by atoms with E-state index in [0.717, 1.165) is 0 Å². The molecule has 1 heterocycles. The lowest BCUT2D eigenvalue weighted by molar-refractivity contribution is -0.141. The maximum atomic E-state index is 13.2. The fourth-order valence-corrected chi connectivity index (χ4v) is 2.58. The summed E-state index contributed by atoms with van der Waals surface area (Å²) in [4.78, 5) is 19.6. The molecule has 0 bridgehead atoms. The van der Waals surface area contributed by atoms with Crippen LogP contribution in [-0.2, 0) is 27.1 Å². The van der Waals surface area contributed by atoms with E-state index in [1.807, 2.05) is 0 Å². The third-order valence-electron chi connectivity index (χ3n) is 4.02. The van der Waals surface area contributed by atoms with Crippen LogP contribution in [0.5, 0.6) is 11.9 Å². The smallest absolute Gasteiger partial charge is 0.433 e. The summed E-state index contributed by atoms with van der Waals surface area (Å²) in [6.07, 6.45) is -5.13. The molecule has 0 aliphatic rings. The van der Waals surface area contributed by atoms with Crippen molar-refractivity contribution in [3.63, 3.8) is 0 Å². The van der Waals surface area contributed by atoms with E-state index in [-0.39, 0.29) is 18.1 Å². The first-order chi connectivity index (χ1) is 14.6. The van der Waals surface area contributed by atoms with Crippen LogP contribution in [0.2, 0.25) is 0 Å². The number of hydrogen-bond donors (Lipinski definition) is 0. The van der Waals surface area contributed by atoms with Crippen molar-refractivity contribution in [3.05, 3.63) is 52.9 Å². The number of nitrogens with zero attached hydrogens (tertiary/aromatic N) is 2.